The number of hydrogen-bond acceptors (Lipinski definition) is 7. The van der Waals surface area contributed by atoms with Crippen molar-refractivity contribution in [3.8, 4) is 11.8 Å². The molecule has 2 aromatic heterocycles. The minimum atomic E-state index is 0.129. The first-order valence-corrected chi connectivity index (χ1v) is 11.0. The smallest absolute Gasteiger partial charge is 0.231 e. The number of methoxy groups -OCH3 is 1. The third-order valence-corrected chi connectivity index (χ3v) is 6.16. The summed E-state index contributed by atoms with van der Waals surface area (Å²) in [5.41, 5.74) is 2.63. The lowest BCUT2D eigenvalue weighted by Gasteiger charge is -2.19. The number of H-pyrrole nitrogens is 1. The molecule has 3 aromatic rings. The van der Waals surface area contributed by atoms with Crippen LogP contribution in [0, 0.1) is 11.3 Å². The summed E-state index contributed by atoms with van der Waals surface area (Å²) in [6.07, 6.45) is 7.67. The predicted molar refractivity (Wildman–Crippen MR) is 122 cm³/mol. The Kier molecular flexibility index (Phi) is 5.27. The van der Waals surface area contributed by atoms with Crippen molar-refractivity contribution in [2.75, 3.05) is 29.2 Å². The number of aromatic amines is 1. The molecule has 9 heteroatoms. The maximum atomic E-state index is 12.1. The molecule has 2 aliphatic rings. The van der Waals surface area contributed by atoms with Crippen molar-refractivity contribution in [1.29, 1.82) is 5.26 Å². The summed E-state index contributed by atoms with van der Waals surface area (Å²) in [4.78, 5) is 26.2. The molecule has 1 aliphatic carbocycles. The maximum Gasteiger partial charge on any atom is 0.231 e. The van der Waals surface area contributed by atoms with Crippen LogP contribution in [0.15, 0.2) is 24.4 Å². The lowest BCUT2D eigenvalue weighted by atomic mass is 10.2. The molecule has 3 N–H and O–H groups in total. The SMILES string of the molecule is COc1cc(N2CCCC2=O)ccc1Nc1nc(NC2CCCC2)c2c(C#N)c[nH]c2n1. The largest absolute Gasteiger partial charge is 0.494 e. The Morgan fingerprint density at radius 2 is 2.09 bits per heavy atom. The van der Waals surface area contributed by atoms with E-state index in [9.17, 15) is 10.1 Å². The Labute approximate surface area is 185 Å². The molecular formula is C23H25N7O2. The molecule has 0 unspecified atom stereocenters. The molecule has 1 aromatic carbocycles. The Bertz CT molecular complexity index is 1210. The van der Waals surface area contributed by atoms with Crippen LogP contribution in [0.5, 0.6) is 5.75 Å². The van der Waals surface area contributed by atoms with E-state index in [4.69, 9.17) is 9.72 Å². The summed E-state index contributed by atoms with van der Waals surface area (Å²) in [6, 6.07) is 8.17. The fourth-order valence-corrected chi connectivity index (χ4v) is 4.54. The molecule has 2 fully saturated rings. The second-order valence-electron chi connectivity index (χ2n) is 8.22. The zero-order valence-corrected chi connectivity index (χ0v) is 17.9. The number of carbonyl (C=O) groups excluding carboxylic acids is 1. The number of hydrogen-bond donors (Lipinski definition) is 3. The summed E-state index contributed by atoms with van der Waals surface area (Å²) < 4.78 is 5.58. The molecular weight excluding hydrogens is 406 g/mol. The number of anilines is 4. The average molecular weight is 432 g/mol. The van der Waals surface area contributed by atoms with Gasteiger partial charge in [-0.05, 0) is 31.4 Å². The van der Waals surface area contributed by atoms with Crippen molar-refractivity contribution in [2.45, 2.75) is 44.6 Å². The van der Waals surface area contributed by atoms with Gasteiger partial charge in [0.25, 0.3) is 0 Å². The lowest BCUT2D eigenvalue weighted by molar-refractivity contribution is -0.117. The zero-order valence-electron chi connectivity index (χ0n) is 17.9. The fourth-order valence-electron chi connectivity index (χ4n) is 4.54. The average Bonchev–Trinajstić information content (AvgIpc) is 3.55. The van der Waals surface area contributed by atoms with Crippen LogP contribution in [-0.4, -0.2) is 40.6 Å². The molecule has 5 rings (SSSR count). The summed E-state index contributed by atoms with van der Waals surface area (Å²) >= 11 is 0. The number of ether oxygens (including phenoxy) is 1. The van der Waals surface area contributed by atoms with Gasteiger partial charge in [0, 0.05) is 37.0 Å². The van der Waals surface area contributed by atoms with Gasteiger partial charge in [0.15, 0.2) is 0 Å². The van der Waals surface area contributed by atoms with Gasteiger partial charge >= 0.3 is 0 Å². The van der Waals surface area contributed by atoms with Crippen LogP contribution in [-0.2, 0) is 4.79 Å². The Balaban J connectivity index is 1.48. The van der Waals surface area contributed by atoms with Crippen molar-refractivity contribution in [3.05, 3.63) is 30.0 Å². The number of nitrogens with zero attached hydrogens (tertiary/aromatic N) is 4. The van der Waals surface area contributed by atoms with E-state index < -0.39 is 0 Å². The standard InChI is InChI=1S/C23H25N7O2/c1-32-18-11-16(30-10-4-7-19(30)31)8-9-17(18)27-23-28-21-20(14(12-24)13-25-21)22(29-23)26-15-5-2-3-6-15/h8-9,11,13,15H,2-7,10H2,1H3,(H3,25,26,27,28,29). The van der Waals surface area contributed by atoms with Crippen molar-refractivity contribution in [3.63, 3.8) is 0 Å². The number of fused-ring (bicyclic) bond motifs is 1. The third kappa shape index (κ3) is 3.68. The molecule has 3 heterocycles. The van der Waals surface area contributed by atoms with E-state index in [1.165, 1.54) is 12.8 Å². The van der Waals surface area contributed by atoms with E-state index in [0.29, 0.717) is 52.3 Å². The van der Waals surface area contributed by atoms with Gasteiger partial charge in [-0.25, -0.2) is 0 Å². The molecule has 164 valence electrons. The van der Waals surface area contributed by atoms with Gasteiger partial charge < -0.3 is 25.3 Å². The fraction of sp³-hybridized carbons (Fsp3) is 0.391. The van der Waals surface area contributed by atoms with Crippen molar-refractivity contribution < 1.29 is 9.53 Å². The molecule has 1 saturated carbocycles. The van der Waals surface area contributed by atoms with Crippen LogP contribution < -0.4 is 20.3 Å². The number of carbonyl (C=O) groups is 1. The molecule has 1 aliphatic heterocycles. The van der Waals surface area contributed by atoms with Gasteiger partial charge in [-0.15, -0.1) is 0 Å². The highest BCUT2D eigenvalue weighted by Gasteiger charge is 2.23. The number of nitriles is 1. The Morgan fingerprint density at radius 3 is 2.81 bits per heavy atom. The number of amides is 1. The van der Waals surface area contributed by atoms with Gasteiger partial charge in [0.05, 0.1) is 23.7 Å². The maximum absolute atomic E-state index is 12.1. The lowest BCUT2D eigenvalue weighted by Crippen LogP contribution is -2.23. The number of rotatable bonds is 6. The van der Waals surface area contributed by atoms with Crippen molar-refractivity contribution in [1.82, 2.24) is 15.0 Å². The van der Waals surface area contributed by atoms with Gasteiger partial charge in [-0.3, -0.25) is 4.79 Å². The van der Waals surface area contributed by atoms with E-state index in [1.807, 2.05) is 18.2 Å². The van der Waals surface area contributed by atoms with Gasteiger partial charge in [0.2, 0.25) is 11.9 Å². The molecule has 0 spiro atoms. The summed E-state index contributed by atoms with van der Waals surface area (Å²) in [5.74, 6) is 1.78. The monoisotopic (exact) mass is 431 g/mol. The van der Waals surface area contributed by atoms with Crippen LogP contribution in [0.25, 0.3) is 11.0 Å². The highest BCUT2D eigenvalue weighted by molar-refractivity contribution is 5.96. The van der Waals surface area contributed by atoms with E-state index >= 15 is 0 Å². The number of aromatic nitrogens is 3. The van der Waals surface area contributed by atoms with E-state index in [0.717, 1.165) is 31.5 Å². The first kappa shape index (κ1) is 20.1. The number of benzene rings is 1. The second-order valence-corrected chi connectivity index (χ2v) is 8.22. The molecule has 0 radical (unpaired) electrons. The molecule has 9 nitrogen and oxygen atoms in total. The highest BCUT2D eigenvalue weighted by atomic mass is 16.5. The summed E-state index contributed by atoms with van der Waals surface area (Å²) in [7, 11) is 1.59. The summed E-state index contributed by atoms with van der Waals surface area (Å²) in [6.45, 7) is 0.721. The summed E-state index contributed by atoms with van der Waals surface area (Å²) in [5, 5.41) is 17.0. The van der Waals surface area contributed by atoms with Gasteiger partial charge in [-0.1, -0.05) is 12.8 Å². The Hall–Kier alpha value is -3.80. The van der Waals surface area contributed by atoms with Crippen LogP contribution in [0.3, 0.4) is 0 Å². The van der Waals surface area contributed by atoms with E-state index in [1.54, 1.807) is 18.2 Å². The molecule has 1 saturated heterocycles. The van der Waals surface area contributed by atoms with Gasteiger partial charge in [-0.2, -0.15) is 15.2 Å². The third-order valence-electron chi connectivity index (χ3n) is 6.16. The van der Waals surface area contributed by atoms with Crippen LogP contribution in [0.1, 0.15) is 44.1 Å². The normalized spacial score (nSPS) is 16.5. The van der Waals surface area contributed by atoms with Crippen molar-refractivity contribution in [2.24, 2.45) is 0 Å². The molecule has 0 bridgehead atoms. The van der Waals surface area contributed by atoms with Crippen LogP contribution >= 0.6 is 0 Å². The van der Waals surface area contributed by atoms with E-state index in [-0.39, 0.29) is 5.91 Å². The molecule has 0 atom stereocenters. The predicted octanol–water partition coefficient (Wildman–Crippen LogP) is 4.06. The van der Waals surface area contributed by atoms with Crippen LogP contribution in [0.2, 0.25) is 0 Å². The molecule has 1 amide bonds. The first-order chi connectivity index (χ1) is 15.7. The first-order valence-electron chi connectivity index (χ1n) is 11.0. The van der Waals surface area contributed by atoms with E-state index in [2.05, 4.69) is 26.7 Å². The number of nitrogens with one attached hydrogen (secondary N) is 3. The highest BCUT2D eigenvalue weighted by Crippen LogP contribution is 2.34. The topological polar surface area (TPSA) is 119 Å². The van der Waals surface area contributed by atoms with Crippen LogP contribution in [0.4, 0.5) is 23.1 Å². The Morgan fingerprint density at radius 1 is 1.25 bits per heavy atom. The second kappa shape index (κ2) is 8.38. The minimum Gasteiger partial charge on any atom is -0.494 e. The molecule has 32 heavy (non-hydrogen) atoms. The zero-order chi connectivity index (χ0) is 22.1. The van der Waals surface area contributed by atoms with Gasteiger partial charge in [0.1, 0.15) is 23.3 Å². The van der Waals surface area contributed by atoms with Crippen molar-refractivity contribution >= 4 is 40.1 Å². The quantitative estimate of drug-likeness (QED) is 0.538. The minimum absolute atomic E-state index is 0.129.